The Morgan fingerprint density at radius 1 is 1.00 bits per heavy atom. The number of nitrogens with zero attached hydrogens (tertiary/aromatic N) is 3. The van der Waals surface area contributed by atoms with Gasteiger partial charge in [0.25, 0.3) is 16.8 Å². The van der Waals surface area contributed by atoms with Crippen molar-refractivity contribution in [1.82, 2.24) is 4.90 Å². The Balaban J connectivity index is 1.53. The van der Waals surface area contributed by atoms with Crippen LogP contribution in [0.3, 0.4) is 0 Å². The topological polar surface area (TPSA) is 171 Å². The molecule has 216 valence electrons. The number of hydrogen-bond acceptors (Lipinski definition) is 10. The van der Waals surface area contributed by atoms with Gasteiger partial charge in [-0.2, -0.15) is 0 Å². The zero-order valence-corrected chi connectivity index (χ0v) is 23.4. The molecule has 0 saturated carbocycles. The molecule has 1 N–H and O–H groups in total. The number of rotatable bonds is 10. The number of imide groups is 1. The summed E-state index contributed by atoms with van der Waals surface area (Å²) in [7, 11) is 0. The van der Waals surface area contributed by atoms with Crippen molar-refractivity contribution in [3.05, 3.63) is 96.4 Å². The molecule has 1 fully saturated rings. The number of nitro groups is 2. The Bertz CT molecular complexity index is 1650. The van der Waals surface area contributed by atoms with Gasteiger partial charge in [-0.05, 0) is 79.6 Å². The summed E-state index contributed by atoms with van der Waals surface area (Å²) >= 11 is 0.682. The van der Waals surface area contributed by atoms with E-state index >= 15 is 0 Å². The molecule has 14 heteroatoms. The SMILES string of the molecule is CCOc1cc(/C=C2/SC(=O)N(CC(=O)Nc3cccc(C)c3C)C2=O)ccc1Oc1ccc([N+](=O)[O-])cc1[N+](=O)[O-]. The Labute approximate surface area is 243 Å². The molecule has 42 heavy (non-hydrogen) atoms. The van der Waals surface area contributed by atoms with E-state index in [1.165, 1.54) is 24.3 Å². The van der Waals surface area contributed by atoms with Gasteiger partial charge in [0.1, 0.15) is 6.54 Å². The fraction of sp³-hybridized carbons (Fsp3) is 0.179. The number of non-ortho nitro benzene ring substituents is 1. The van der Waals surface area contributed by atoms with Gasteiger partial charge >= 0.3 is 5.69 Å². The monoisotopic (exact) mass is 592 g/mol. The highest BCUT2D eigenvalue weighted by Gasteiger charge is 2.36. The van der Waals surface area contributed by atoms with Crippen LogP contribution >= 0.6 is 11.8 Å². The van der Waals surface area contributed by atoms with E-state index < -0.39 is 44.8 Å². The number of thioether (sulfide) groups is 1. The molecule has 13 nitrogen and oxygen atoms in total. The van der Waals surface area contributed by atoms with Crippen molar-refractivity contribution in [1.29, 1.82) is 0 Å². The molecule has 0 aromatic heterocycles. The molecular formula is C28H24N4O9S. The molecule has 1 saturated heterocycles. The summed E-state index contributed by atoms with van der Waals surface area (Å²) < 4.78 is 11.3. The van der Waals surface area contributed by atoms with E-state index in [0.717, 1.165) is 34.2 Å². The van der Waals surface area contributed by atoms with Crippen LogP contribution in [0.2, 0.25) is 0 Å². The van der Waals surface area contributed by atoms with E-state index in [1.54, 1.807) is 19.1 Å². The van der Waals surface area contributed by atoms with Gasteiger partial charge in [0, 0.05) is 11.8 Å². The van der Waals surface area contributed by atoms with Crippen LogP contribution in [0.1, 0.15) is 23.6 Å². The number of carbonyl (C=O) groups excluding carboxylic acids is 3. The number of nitrogens with one attached hydrogen (secondary N) is 1. The smallest absolute Gasteiger partial charge is 0.318 e. The van der Waals surface area contributed by atoms with Gasteiger partial charge in [0.05, 0.1) is 27.4 Å². The zero-order valence-electron chi connectivity index (χ0n) is 22.6. The molecule has 4 rings (SSSR count). The number of aryl methyl sites for hydroxylation is 1. The van der Waals surface area contributed by atoms with Crippen LogP contribution in [0.4, 0.5) is 21.9 Å². The van der Waals surface area contributed by atoms with Crippen molar-refractivity contribution in [3.8, 4) is 17.2 Å². The summed E-state index contributed by atoms with van der Waals surface area (Å²) in [6, 6.07) is 12.9. The van der Waals surface area contributed by atoms with Crippen LogP contribution in [0.5, 0.6) is 17.2 Å². The van der Waals surface area contributed by atoms with Gasteiger partial charge in [-0.25, -0.2) is 0 Å². The number of hydrogen-bond donors (Lipinski definition) is 1. The largest absolute Gasteiger partial charge is 0.490 e. The average Bonchev–Trinajstić information content (AvgIpc) is 3.19. The molecule has 0 atom stereocenters. The Morgan fingerprint density at radius 2 is 1.74 bits per heavy atom. The molecule has 0 radical (unpaired) electrons. The second kappa shape index (κ2) is 12.5. The van der Waals surface area contributed by atoms with E-state index in [0.29, 0.717) is 23.0 Å². The lowest BCUT2D eigenvalue weighted by atomic mass is 10.1. The summed E-state index contributed by atoms with van der Waals surface area (Å²) in [5.74, 6) is -1.14. The predicted octanol–water partition coefficient (Wildman–Crippen LogP) is 5.99. The lowest BCUT2D eigenvalue weighted by molar-refractivity contribution is -0.394. The maximum absolute atomic E-state index is 13.0. The molecule has 3 aromatic carbocycles. The summed E-state index contributed by atoms with van der Waals surface area (Å²) in [5, 5.41) is 24.6. The first-order valence-electron chi connectivity index (χ1n) is 12.5. The van der Waals surface area contributed by atoms with Crippen LogP contribution in [-0.2, 0) is 9.59 Å². The number of carbonyl (C=O) groups is 3. The summed E-state index contributed by atoms with van der Waals surface area (Å²) in [5.41, 5.74) is 1.83. The molecule has 3 amide bonds. The number of anilines is 1. The molecule has 1 aliphatic rings. The van der Waals surface area contributed by atoms with Crippen LogP contribution < -0.4 is 14.8 Å². The maximum atomic E-state index is 13.0. The number of benzene rings is 3. The summed E-state index contributed by atoms with van der Waals surface area (Å²) in [6.45, 7) is 5.21. The van der Waals surface area contributed by atoms with Crippen LogP contribution in [0.25, 0.3) is 6.08 Å². The highest BCUT2D eigenvalue weighted by atomic mass is 32.2. The number of amides is 3. The molecule has 0 aliphatic carbocycles. The van der Waals surface area contributed by atoms with Gasteiger partial charge in [0.15, 0.2) is 11.5 Å². The number of nitro benzene ring substituents is 2. The van der Waals surface area contributed by atoms with Crippen LogP contribution in [-0.4, -0.2) is 45.0 Å². The van der Waals surface area contributed by atoms with Crippen molar-refractivity contribution >= 4 is 52.0 Å². The molecular weight excluding hydrogens is 568 g/mol. The lowest BCUT2D eigenvalue weighted by Gasteiger charge is -2.14. The molecule has 0 spiro atoms. The third kappa shape index (κ3) is 6.55. The van der Waals surface area contributed by atoms with E-state index in [-0.39, 0.29) is 28.8 Å². The van der Waals surface area contributed by atoms with E-state index in [9.17, 15) is 34.6 Å². The van der Waals surface area contributed by atoms with E-state index in [1.807, 2.05) is 19.9 Å². The minimum Gasteiger partial charge on any atom is -0.490 e. The minimum atomic E-state index is -0.796. The first-order chi connectivity index (χ1) is 20.0. The second-order valence-electron chi connectivity index (χ2n) is 8.97. The standard InChI is InChI=1S/C28H24N4O9S/c1-4-40-24-12-18(8-10-23(24)41-22-11-9-19(31(36)37)14-21(22)32(38)39)13-25-27(34)30(28(35)42-25)15-26(33)29-20-7-5-6-16(2)17(20)3/h5-14H,4,15H2,1-3H3,(H,29,33)/b25-13+. The average molecular weight is 593 g/mol. The fourth-order valence-electron chi connectivity index (χ4n) is 3.94. The highest BCUT2D eigenvalue weighted by molar-refractivity contribution is 8.18. The van der Waals surface area contributed by atoms with Crippen LogP contribution in [0, 0.1) is 34.1 Å². The Hall–Kier alpha value is -5.24. The molecule has 3 aromatic rings. The van der Waals surface area contributed by atoms with Crippen LogP contribution in [0.15, 0.2) is 59.5 Å². The summed E-state index contributed by atoms with van der Waals surface area (Å²) in [6.07, 6.45) is 1.45. The predicted molar refractivity (Wildman–Crippen MR) is 155 cm³/mol. The highest BCUT2D eigenvalue weighted by Crippen LogP contribution is 2.39. The van der Waals surface area contributed by atoms with Crippen molar-refractivity contribution in [2.45, 2.75) is 20.8 Å². The van der Waals surface area contributed by atoms with Gasteiger partial charge in [0.2, 0.25) is 11.7 Å². The fourth-order valence-corrected chi connectivity index (χ4v) is 4.78. The third-order valence-electron chi connectivity index (χ3n) is 6.19. The van der Waals surface area contributed by atoms with Crippen molar-refractivity contribution in [3.63, 3.8) is 0 Å². The first kappa shape index (κ1) is 29.7. The van der Waals surface area contributed by atoms with Crippen molar-refractivity contribution < 1.29 is 33.7 Å². The molecule has 1 heterocycles. The molecule has 0 bridgehead atoms. The number of ether oxygens (including phenoxy) is 2. The van der Waals surface area contributed by atoms with Crippen molar-refractivity contribution in [2.24, 2.45) is 0 Å². The second-order valence-corrected chi connectivity index (χ2v) is 9.96. The van der Waals surface area contributed by atoms with Gasteiger partial charge in [-0.1, -0.05) is 18.2 Å². The third-order valence-corrected chi connectivity index (χ3v) is 7.10. The minimum absolute atomic E-state index is 0.0849. The maximum Gasteiger partial charge on any atom is 0.318 e. The Morgan fingerprint density at radius 3 is 2.43 bits per heavy atom. The molecule has 1 aliphatic heterocycles. The van der Waals surface area contributed by atoms with Crippen molar-refractivity contribution in [2.75, 3.05) is 18.5 Å². The van der Waals surface area contributed by atoms with Gasteiger partial charge < -0.3 is 14.8 Å². The zero-order chi connectivity index (χ0) is 30.6. The summed E-state index contributed by atoms with van der Waals surface area (Å²) in [4.78, 5) is 60.1. The van der Waals surface area contributed by atoms with Gasteiger partial charge in [-0.3, -0.25) is 39.5 Å². The Kier molecular flexibility index (Phi) is 8.86. The quantitative estimate of drug-likeness (QED) is 0.168. The van der Waals surface area contributed by atoms with Gasteiger partial charge in [-0.15, -0.1) is 0 Å². The molecule has 0 unspecified atom stereocenters. The first-order valence-corrected chi connectivity index (χ1v) is 13.3. The lowest BCUT2D eigenvalue weighted by Crippen LogP contribution is -2.36. The normalized spacial score (nSPS) is 13.8. The van der Waals surface area contributed by atoms with E-state index in [2.05, 4.69) is 5.32 Å². The van der Waals surface area contributed by atoms with E-state index in [4.69, 9.17) is 9.47 Å².